The largest absolute Gasteiger partial charge is 0.377 e. The maximum atomic E-state index is 12.7. The van der Waals surface area contributed by atoms with Gasteiger partial charge in [-0.1, -0.05) is 19.0 Å². The van der Waals surface area contributed by atoms with Crippen LogP contribution in [0.5, 0.6) is 0 Å². The second-order valence-corrected chi connectivity index (χ2v) is 6.93. The van der Waals surface area contributed by atoms with E-state index in [-0.39, 0.29) is 36.1 Å². The second-order valence-electron chi connectivity index (χ2n) is 6.93. The molecule has 1 saturated heterocycles. The molecule has 27 heavy (non-hydrogen) atoms. The number of aromatic nitrogens is 3. The molecule has 1 atom stereocenters. The van der Waals surface area contributed by atoms with Crippen molar-refractivity contribution in [3.8, 4) is 0 Å². The summed E-state index contributed by atoms with van der Waals surface area (Å²) in [6, 6.07) is 1.35. The molecular formula is C18H25N5O4. The predicted molar refractivity (Wildman–Crippen MR) is 96.2 cm³/mol. The van der Waals surface area contributed by atoms with Crippen LogP contribution in [-0.4, -0.2) is 63.8 Å². The van der Waals surface area contributed by atoms with Crippen LogP contribution in [0, 0.1) is 6.92 Å². The van der Waals surface area contributed by atoms with Gasteiger partial charge in [-0.3, -0.25) is 9.59 Å². The zero-order valence-electron chi connectivity index (χ0n) is 15.8. The number of hydrogen-bond acceptors (Lipinski definition) is 6. The quantitative estimate of drug-likeness (QED) is 0.807. The number of imidazole rings is 1. The highest BCUT2D eigenvalue weighted by Crippen LogP contribution is 2.14. The summed E-state index contributed by atoms with van der Waals surface area (Å²) in [5.41, 5.74) is 0.651. The predicted octanol–water partition coefficient (Wildman–Crippen LogP) is 0.960. The van der Waals surface area contributed by atoms with E-state index in [0.29, 0.717) is 32.0 Å². The molecule has 1 aliphatic rings. The van der Waals surface area contributed by atoms with Gasteiger partial charge < -0.3 is 24.0 Å². The zero-order valence-corrected chi connectivity index (χ0v) is 15.8. The summed E-state index contributed by atoms with van der Waals surface area (Å²) < 4.78 is 12.4. The Bertz CT molecular complexity index is 797. The molecule has 0 saturated carbocycles. The standard InChI is InChI=1S/C18H25N5O4/c1-12(2)17-19-4-5-22(17)10-16(24)20-9-14-11-26-7-6-23(14)18(25)15-8-13(3)21-27-15/h4-5,8,12,14H,6-7,9-11H2,1-3H3,(H,20,24). The molecule has 2 amide bonds. The highest BCUT2D eigenvalue weighted by atomic mass is 16.5. The molecule has 1 N–H and O–H groups in total. The molecule has 3 heterocycles. The Morgan fingerprint density at radius 2 is 2.22 bits per heavy atom. The molecule has 2 aromatic heterocycles. The van der Waals surface area contributed by atoms with Gasteiger partial charge in [-0.2, -0.15) is 0 Å². The number of nitrogens with zero attached hydrogens (tertiary/aromatic N) is 4. The van der Waals surface area contributed by atoms with Gasteiger partial charge in [-0.25, -0.2) is 4.98 Å². The molecule has 9 nitrogen and oxygen atoms in total. The summed E-state index contributed by atoms with van der Waals surface area (Å²) in [4.78, 5) is 31.0. The second kappa shape index (κ2) is 8.34. The number of nitrogens with one attached hydrogen (secondary N) is 1. The van der Waals surface area contributed by atoms with E-state index in [2.05, 4.69) is 15.5 Å². The first-order chi connectivity index (χ1) is 13.0. The van der Waals surface area contributed by atoms with Gasteiger partial charge in [0.05, 0.1) is 24.9 Å². The third-order valence-electron chi connectivity index (χ3n) is 4.44. The van der Waals surface area contributed by atoms with Crippen LogP contribution in [0.2, 0.25) is 0 Å². The summed E-state index contributed by atoms with van der Waals surface area (Å²) in [5.74, 6) is 0.922. The monoisotopic (exact) mass is 375 g/mol. The molecule has 1 fully saturated rings. The van der Waals surface area contributed by atoms with Gasteiger partial charge in [0.15, 0.2) is 0 Å². The lowest BCUT2D eigenvalue weighted by atomic mass is 10.2. The lowest BCUT2D eigenvalue weighted by Gasteiger charge is -2.35. The van der Waals surface area contributed by atoms with E-state index in [1.807, 2.05) is 18.4 Å². The lowest BCUT2D eigenvalue weighted by molar-refractivity contribution is -0.122. The van der Waals surface area contributed by atoms with E-state index in [0.717, 1.165) is 5.82 Å². The fourth-order valence-corrected chi connectivity index (χ4v) is 3.09. The van der Waals surface area contributed by atoms with Crippen LogP contribution in [0.1, 0.15) is 41.8 Å². The molecule has 146 valence electrons. The fourth-order valence-electron chi connectivity index (χ4n) is 3.09. The van der Waals surface area contributed by atoms with E-state index in [9.17, 15) is 9.59 Å². The molecule has 0 aromatic carbocycles. The molecule has 1 aliphatic heterocycles. The Labute approximate surface area is 157 Å². The Hall–Kier alpha value is -2.68. The van der Waals surface area contributed by atoms with Gasteiger partial charge in [-0.15, -0.1) is 0 Å². The number of amides is 2. The first-order valence-electron chi connectivity index (χ1n) is 9.05. The molecule has 2 aromatic rings. The SMILES string of the molecule is Cc1cc(C(=O)N2CCOCC2CNC(=O)Cn2ccnc2C(C)C)on1. The minimum atomic E-state index is -0.257. The van der Waals surface area contributed by atoms with Gasteiger partial charge >= 0.3 is 0 Å². The van der Waals surface area contributed by atoms with E-state index in [1.54, 1.807) is 30.3 Å². The average molecular weight is 375 g/mol. The van der Waals surface area contributed by atoms with Crippen LogP contribution >= 0.6 is 0 Å². The van der Waals surface area contributed by atoms with Gasteiger partial charge in [0.25, 0.3) is 5.91 Å². The van der Waals surface area contributed by atoms with Crippen molar-refractivity contribution in [3.05, 3.63) is 35.7 Å². The molecule has 0 bridgehead atoms. The fraction of sp³-hybridized carbons (Fsp3) is 0.556. The van der Waals surface area contributed by atoms with Crippen molar-refractivity contribution in [1.29, 1.82) is 0 Å². The van der Waals surface area contributed by atoms with Crippen LogP contribution in [0.15, 0.2) is 23.0 Å². The summed E-state index contributed by atoms with van der Waals surface area (Å²) in [6.07, 6.45) is 3.48. The molecule has 0 spiro atoms. The van der Waals surface area contributed by atoms with Crippen LogP contribution < -0.4 is 5.32 Å². The van der Waals surface area contributed by atoms with Gasteiger partial charge in [0.1, 0.15) is 12.4 Å². The summed E-state index contributed by atoms with van der Waals surface area (Å²) >= 11 is 0. The van der Waals surface area contributed by atoms with E-state index >= 15 is 0 Å². The number of aryl methyl sites for hydroxylation is 1. The van der Waals surface area contributed by atoms with Crippen LogP contribution in [0.25, 0.3) is 0 Å². The highest BCUT2D eigenvalue weighted by Gasteiger charge is 2.30. The third kappa shape index (κ3) is 4.54. The zero-order chi connectivity index (χ0) is 19.4. The Morgan fingerprint density at radius 3 is 2.93 bits per heavy atom. The van der Waals surface area contributed by atoms with Gasteiger partial charge in [0.2, 0.25) is 11.7 Å². The maximum Gasteiger partial charge on any atom is 0.292 e. The summed E-state index contributed by atoms with van der Waals surface area (Å²) in [6.45, 7) is 7.59. The smallest absolute Gasteiger partial charge is 0.292 e. The third-order valence-corrected chi connectivity index (χ3v) is 4.44. The van der Waals surface area contributed by atoms with Crippen molar-refractivity contribution in [2.24, 2.45) is 0 Å². The van der Waals surface area contributed by atoms with Crippen molar-refractivity contribution < 1.29 is 18.8 Å². The molecular weight excluding hydrogens is 350 g/mol. The first kappa shape index (κ1) is 19.1. The van der Waals surface area contributed by atoms with Crippen LogP contribution in [0.3, 0.4) is 0 Å². The molecule has 9 heteroatoms. The van der Waals surface area contributed by atoms with Gasteiger partial charge in [-0.05, 0) is 6.92 Å². The minimum Gasteiger partial charge on any atom is -0.377 e. The number of carbonyl (C=O) groups is 2. The highest BCUT2D eigenvalue weighted by molar-refractivity contribution is 5.91. The molecule has 0 radical (unpaired) electrons. The van der Waals surface area contributed by atoms with E-state index in [4.69, 9.17) is 9.26 Å². The number of ether oxygens (including phenoxy) is 1. The molecule has 1 unspecified atom stereocenters. The summed E-state index contributed by atoms with van der Waals surface area (Å²) in [5, 5.41) is 6.65. The Morgan fingerprint density at radius 1 is 1.41 bits per heavy atom. The minimum absolute atomic E-state index is 0.136. The lowest BCUT2D eigenvalue weighted by Crippen LogP contribution is -2.53. The summed E-state index contributed by atoms with van der Waals surface area (Å²) in [7, 11) is 0. The number of rotatable bonds is 6. The number of morpholine rings is 1. The molecule has 3 rings (SSSR count). The van der Waals surface area contributed by atoms with E-state index < -0.39 is 0 Å². The van der Waals surface area contributed by atoms with Gasteiger partial charge in [0, 0.05) is 37.5 Å². The first-order valence-corrected chi connectivity index (χ1v) is 9.05. The topological polar surface area (TPSA) is 102 Å². The van der Waals surface area contributed by atoms with Crippen LogP contribution in [-0.2, 0) is 16.1 Å². The van der Waals surface area contributed by atoms with Crippen molar-refractivity contribution in [1.82, 2.24) is 24.9 Å². The number of hydrogen-bond donors (Lipinski definition) is 1. The molecule has 0 aliphatic carbocycles. The van der Waals surface area contributed by atoms with Crippen molar-refractivity contribution in [2.45, 2.75) is 39.3 Å². The maximum absolute atomic E-state index is 12.7. The number of carbonyl (C=O) groups excluding carboxylic acids is 2. The van der Waals surface area contributed by atoms with E-state index in [1.165, 1.54) is 0 Å². The Balaban J connectivity index is 1.58. The average Bonchev–Trinajstić information content (AvgIpc) is 3.28. The normalized spacial score (nSPS) is 17.3. The van der Waals surface area contributed by atoms with Crippen molar-refractivity contribution >= 4 is 11.8 Å². The van der Waals surface area contributed by atoms with Crippen molar-refractivity contribution in [2.75, 3.05) is 26.3 Å². The van der Waals surface area contributed by atoms with Crippen LogP contribution in [0.4, 0.5) is 0 Å². The van der Waals surface area contributed by atoms with Crippen molar-refractivity contribution in [3.63, 3.8) is 0 Å². The Kier molecular flexibility index (Phi) is 5.90.